The lowest BCUT2D eigenvalue weighted by Crippen LogP contribution is -2.45. The number of aliphatic hydroxyl groups is 1. The van der Waals surface area contributed by atoms with Crippen LogP contribution in [0.1, 0.15) is 110 Å². The average Bonchev–Trinajstić information content (AvgIpc) is 2.71. The van der Waals surface area contributed by atoms with Crippen molar-refractivity contribution in [1.29, 1.82) is 0 Å². The molecule has 1 saturated carbocycles. The molecular formula is C27H44O3. The van der Waals surface area contributed by atoms with Crippen LogP contribution in [0.4, 0.5) is 0 Å². The first-order valence-corrected chi connectivity index (χ1v) is 12.0. The number of carbonyl (C=O) groups excluding carboxylic acids is 1. The second kappa shape index (κ2) is 10.4. The van der Waals surface area contributed by atoms with E-state index in [1.165, 1.54) is 11.1 Å². The van der Waals surface area contributed by atoms with Gasteiger partial charge in [-0.05, 0) is 81.3 Å². The third-order valence-electron chi connectivity index (χ3n) is 7.41. The summed E-state index contributed by atoms with van der Waals surface area (Å²) in [6.07, 6.45) is 7.12. The van der Waals surface area contributed by atoms with Crippen molar-refractivity contribution in [3.63, 3.8) is 0 Å². The first kappa shape index (κ1) is 25.1. The van der Waals surface area contributed by atoms with E-state index in [0.29, 0.717) is 37.8 Å². The Morgan fingerprint density at radius 1 is 1.10 bits per heavy atom. The van der Waals surface area contributed by atoms with Crippen LogP contribution in [0.2, 0.25) is 0 Å². The van der Waals surface area contributed by atoms with Crippen molar-refractivity contribution >= 4 is 5.78 Å². The number of Topliss-reactive ketones (excluding diaryl/α,β-unsaturated/α-hetero) is 1. The Hall–Kier alpha value is -1.19. The number of benzene rings is 1. The Kier molecular flexibility index (Phi) is 8.70. The third kappa shape index (κ3) is 6.40. The van der Waals surface area contributed by atoms with Gasteiger partial charge in [-0.15, -0.1) is 0 Å². The van der Waals surface area contributed by atoms with E-state index in [-0.39, 0.29) is 10.8 Å². The van der Waals surface area contributed by atoms with Gasteiger partial charge >= 0.3 is 0 Å². The molecule has 0 radical (unpaired) electrons. The fourth-order valence-electron chi connectivity index (χ4n) is 4.96. The van der Waals surface area contributed by atoms with Gasteiger partial charge in [0.15, 0.2) is 0 Å². The minimum absolute atomic E-state index is 0.180. The van der Waals surface area contributed by atoms with Crippen molar-refractivity contribution in [3.8, 4) is 0 Å². The van der Waals surface area contributed by atoms with E-state index in [9.17, 15) is 9.90 Å². The summed E-state index contributed by atoms with van der Waals surface area (Å²) < 4.78 is 5.48. The van der Waals surface area contributed by atoms with E-state index in [1.807, 2.05) is 6.92 Å². The van der Waals surface area contributed by atoms with E-state index >= 15 is 0 Å². The Morgan fingerprint density at radius 3 is 2.17 bits per heavy atom. The van der Waals surface area contributed by atoms with Crippen LogP contribution in [0.5, 0.6) is 0 Å². The van der Waals surface area contributed by atoms with Crippen molar-refractivity contribution in [1.82, 2.24) is 0 Å². The summed E-state index contributed by atoms with van der Waals surface area (Å²) in [4.78, 5) is 12.6. The maximum absolute atomic E-state index is 12.6. The van der Waals surface area contributed by atoms with Gasteiger partial charge in [0.25, 0.3) is 0 Å². The quantitative estimate of drug-likeness (QED) is 0.469. The van der Waals surface area contributed by atoms with Crippen LogP contribution >= 0.6 is 0 Å². The van der Waals surface area contributed by atoms with Gasteiger partial charge in [0, 0.05) is 12.0 Å². The number of hydrogen-bond acceptors (Lipinski definition) is 3. The summed E-state index contributed by atoms with van der Waals surface area (Å²) >= 11 is 0. The molecule has 0 amide bonds. The normalized spacial score (nSPS) is 25.8. The lowest BCUT2D eigenvalue weighted by atomic mass is 9.64. The highest BCUT2D eigenvalue weighted by Crippen LogP contribution is 2.45. The second-order valence-corrected chi connectivity index (χ2v) is 10.6. The molecule has 30 heavy (non-hydrogen) atoms. The smallest absolute Gasteiger partial charge is 0.135 e. The molecule has 1 unspecified atom stereocenters. The SMILES string of the molecule is CCOCC1(O)CCC(CCCC(CC)c2ccc(C(C)(C)C)cc2)(C(C)=O)CC1. The van der Waals surface area contributed by atoms with E-state index in [4.69, 9.17) is 4.74 Å². The highest BCUT2D eigenvalue weighted by molar-refractivity contribution is 5.82. The molecule has 1 N–H and O–H groups in total. The Bertz CT molecular complexity index is 660. The molecule has 0 aromatic heterocycles. The Morgan fingerprint density at radius 2 is 1.70 bits per heavy atom. The first-order chi connectivity index (χ1) is 14.1. The van der Waals surface area contributed by atoms with E-state index in [2.05, 4.69) is 52.0 Å². The predicted molar refractivity (Wildman–Crippen MR) is 125 cm³/mol. The molecule has 1 fully saturated rings. The zero-order valence-electron chi connectivity index (χ0n) is 20.2. The van der Waals surface area contributed by atoms with Crippen LogP contribution < -0.4 is 0 Å². The molecule has 1 aliphatic carbocycles. The second-order valence-electron chi connectivity index (χ2n) is 10.6. The zero-order valence-corrected chi connectivity index (χ0v) is 20.2. The highest BCUT2D eigenvalue weighted by Gasteiger charge is 2.44. The van der Waals surface area contributed by atoms with E-state index in [0.717, 1.165) is 38.5 Å². The molecule has 3 nitrogen and oxygen atoms in total. The van der Waals surface area contributed by atoms with Crippen molar-refractivity contribution < 1.29 is 14.6 Å². The number of ketones is 1. The zero-order chi connectivity index (χ0) is 22.4. The number of carbonyl (C=O) groups is 1. The van der Waals surface area contributed by atoms with Gasteiger partial charge in [-0.2, -0.15) is 0 Å². The van der Waals surface area contributed by atoms with Crippen LogP contribution in [-0.4, -0.2) is 29.7 Å². The van der Waals surface area contributed by atoms with Crippen LogP contribution in [-0.2, 0) is 14.9 Å². The number of ether oxygens (including phenoxy) is 1. The predicted octanol–water partition coefficient (Wildman–Crippen LogP) is 6.57. The molecule has 0 spiro atoms. The van der Waals surface area contributed by atoms with Crippen molar-refractivity contribution in [2.75, 3.05) is 13.2 Å². The molecule has 1 aliphatic rings. The summed E-state index contributed by atoms with van der Waals surface area (Å²) in [5.41, 5.74) is 1.96. The molecule has 0 heterocycles. The lowest BCUT2D eigenvalue weighted by molar-refractivity contribution is -0.136. The van der Waals surface area contributed by atoms with Crippen molar-refractivity contribution in [2.24, 2.45) is 5.41 Å². The first-order valence-electron chi connectivity index (χ1n) is 12.0. The number of rotatable bonds is 10. The van der Waals surface area contributed by atoms with Gasteiger partial charge in [0.1, 0.15) is 5.78 Å². The number of hydrogen-bond donors (Lipinski definition) is 1. The molecule has 170 valence electrons. The summed E-state index contributed by atoms with van der Waals surface area (Å²) in [7, 11) is 0. The van der Waals surface area contributed by atoms with Crippen LogP contribution in [0.15, 0.2) is 24.3 Å². The molecular weight excluding hydrogens is 372 g/mol. The molecule has 0 bridgehead atoms. The Balaban J connectivity index is 1.96. The van der Waals surface area contributed by atoms with Crippen molar-refractivity contribution in [3.05, 3.63) is 35.4 Å². The average molecular weight is 417 g/mol. The Labute approximate surface area is 184 Å². The van der Waals surface area contributed by atoms with Gasteiger partial charge < -0.3 is 9.84 Å². The fourth-order valence-corrected chi connectivity index (χ4v) is 4.96. The molecule has 2 rings (SSSR count). The largest absolute Gasteiger partial charge is 0.387 e. The maximum Gasteiger partial charge on any atom is 0.135 e. The minimum Gasteiger partial charge on any atom is -0.387 e. The standard InChI is InChI=1S/C27H44O3/c1-7-22(23-11-13-24(14-12-23)25(4,5)6)10-9-15-26(21(3)28)16-18-27(29,19-17-26)20-30-8-2/h11-14,22,29H,7-10,15-20H2,1-6H3. The lowest BCUT2D eigenvalue weighted by Gasteiger charge is -2.43. The van der Waals surface area contributed by atoms with Gasteiger partial charge in [-0.1, -0.05) is 58.4 Å². The molecule has 1 atom stereocenters. The molecule has 0 aliphatic heterocycles. The monoisotopic (exact) mass is 416 g/mol. The third-order valence-corrected chi connectivity index (χ3v) is 7.41. The molecule has 1 aromatic carbocycles. The van der Waals surface area contributed by atoms with E-state index < -0.39 is 5.60 Å². The van der Waals surface area contributed by atoms with E-state index in [1.54, 1.807) is 6.92 Å². The summed E-state index contributed by atoms with van der Waals surface area (Å²) in [5.74, 6) is 0.838. The maximum atomic E-state index is 12.6. The van der Waals surface area contributed by atoms with Gasteiger partial charge in [0.05, 0.1) is 12.2 Å². The topological polar surface area (TPSA) is 46.5 Å². The minimum atomic E-state index is -0.754. The molecule has 1 aromatic rings. The van der Waals surface area contributed by atoms with Crippen LogP contribution in [0.25, 0.3) is 0 Å². The van der Waals surface area contributed by atoms with Gasteiger partial charge in [0.2, 0.25) is 0 Å². The van der Waals surface area contributed by atoms with Gasteiger partial charge in [-0.3, -0.25) is 4.79 Å². The highest BCUT2D eigenvalue weighted by atomic mass is 16.5. The van der Waals surface area contributed by atoms with Crippen LogP contribution in [0.3, 0.4) is 0 Å². The summed E-state index contributed by atoms with van der Waals surface area (Å²) in [6, 6.07) is 9.14. The van der Waals surface area contributed by atoms with Crippen molar-refractivity contribution in [2.45, 2.75) is 110 Å². The molecule has 0 saturated heterocycles. The summed E-state index contributed by atoms with van der Waals surface area (Å²) in [6.45, 7) is 13.7. The van der Waals surface area contributed by atoms with Crippen LogP contribution in [0, 0.1) is 5.41 Å². The van der Waals surface area contributed by atoms with Gasteiger partial charge in [-0.25, -0.2) is 0 Å². The fraction of sp³-hybridized carbons (Fsp3) is 0.741. The summed E-state index contributed by atoms with van der Waals surface area (Å²) in [5, 5.41) is 10.8. The molecule has 3 heteroatoms.